The predicted octanol–water partition coefficient (Wildman–Crippen LogP) is 4.02. The quantitative estimate of drug-likeness (QED) is 0.377. The van der Waals surface area contributed by atoms with Crippen molar-refractivity contribution in [2.45, 2.75) is 43.4 Å². The zero-order chi connectivity index (χ0) is 27.4. The Hall–Kier alpha value is -4.25. The predicted molar refractivity (Wildman–Crippen MR) is 122 cm³/mol. The number of halogens is 5. The fourth-order valence-electron chi connectivity index (χ4n) is 3.66. The molecule has 0 spiro atoms. The van der Waals surface area contributed by atoms with E-state index in [0.717, 1.165) is 0 Å². The zero-order valence-corrected chi connectivity index (χ0v) is 19.0. The summed E-state index contributed by atoms with van der Waals surface area (Å²) in [5.74, 6) is -5.77. The lowest BCUT2D eigenvalue weighted by molar-refractivity contribution is -0.192. The molecule has 14 heteroatoms. The molecule has 37 heavy (non-hydrogen) atoms. The van der Waals surface area contributed by atoms with Crippen LogP contribution in [0.1, 0.15) is 35.3 Å². The molecule has 0 radical (unpaired) electrons. The number of fused-ring (bicyclic) bond motifs is 1. The first-order valence-corrected chi connectivity index (χ1v) is 10.8. The van der Waals surface area contributed by atoms with E-state index in [0.29, 0.717) is 35.4 Å². The van der Waals surface area contributed by atoms with Crippen molar-refractivity contribution in [3.05, 3.63) is 59.8 Å². The number of nitrogens with one attached hydrogen (secondary N) is 2. The molecule has 196 valence electrons. The van der Waals surface area contributed by atoms with Gasteiger partial charge in [-0.15, -0.1) is 5.10 Å². The van der Waals surface area contributed by atoms with Crippen LogP contribution in [-0.2, 0) is 4.79 Å². The van der Waals surface area contributed by atoms with Crippen LogP contribution in [0, 0.1) is 11.3 Å². The third-order valence-corrected chi connectivity index (χ3v) is 5.55. The van der Waals surface area contributed by atoms with Crippen molar-refractivity contribution < 1.29 is 36.6 Å². The fraction of sp³-hybridized carbons (Fsp3) is 0.304. The van der Waals surface area contributed by atoms with Gasteiger partial charge >= 0.3 is 12.1 Å². The second-order valence-corrected chi connectivity index (χ2v) is 8.12. The Morgan fingerprint density at radius 3 is 2.46 bits per heavy atom. The first-order chi connectivity index (χ1) is 17.3. The number of benzene rings is 1. The Bertz CT molecular complexity index is 1330. The summed E-state index contributed by atoms with van der Waals surface area (Å²) in [7, 11) is 0. The molecule has 9 nitrogen and oxygen atoms in total. The number of para-hydroxylation sites is 1. The number of nitriles is 1. The molecule has 1 aliphatic rings. The highest BCUT2D eigenvalue weighted by Gasteiger charge is 2.44. The lowest BCUT2D eigenvalue weighted by Crippen LogP contribution is -2.55. The van der Waals surface area contributed by atoms with Crippen LogP contribution in [0.25, 0.3) is 5.52 Å². The summed E-state index contributed by atoms with van der Waals surface area (Å²) in [6.45, 7) is 0. The molecule has 1 aliphatic carbocycles. The van der Waals surface area contributed by atoms with Crippen molar-refractivity contribution >= 4 is 28.9 Å². The number of carbonyl (C=O) groups is 2. The highest BCUT2D eigenvalue weighted by molar-refractivity contribution is 6.04. The third kappa shape index (κ3) is 6.50. The lowest BCUT2D eigenvalue weighted by atomic mass is 9.87. The molecule has 0 bridgehead atoms. The van der Waals surface area contributed by atoms with E-state index in [2.05, 4.69) is 15.7 Å². The highest BCUT2D eigenvalue weighted by atomic mass is 19.4. The Kier molecular flexibility index (Phi) is 7.97. The molecule has 2 heterocycles. The van der Waals surface area contributed by atoms with Crippen molar-refractivity contribution in [3.63, 3.8) is 0 Å². The van der Waals surface area contributed by atoms with Crippen LogP contribution in [0.4, 0.5) is 33.5 Å². The number of amides is 1. The van der Waals surface area contributed by atoms with Gasteiger partial charge in [0.1, 0.15) is 17.6 Å². The maximum Gasteiger partial charge on any atom is 0.490 e. The van der Waals surface area contributed by atoms with E-state index >= 15 is 0 Å². The number of hydrogen-bond donors (Lipinski definition) is 4. The molecule has 3 aromatic rings. The van der Waals surface area contributed by atoms with Gasteiger partial charge in [0.15, 0.2) is 0 Å². The van der Waals surface area contributed by atoms with E-state index in [9.17, 15) is 32.0 Å². The number of carbonyl (C=O) groups excluding carboxylic acids is 1. The van der Waals surface area contributed by atoms with Gasteiger partial charge in [-0.25, -0.2) is 18.1 Å². The maximum absolute atomic E-state index is 13.9. The van der Waals surface area contributed by atoms with Gasteiger partial charge in [0, 0.05) is 12.5 Å². The Morgan fingerprint density at radius 1 is 1.16 bits per heavy atom. The van der Waals surface area contributed by atoms with Crippen molar-refractivity contribution in [3.8, 4) is 6.07 Å². The minimum Gasteiger partial charge on any atom is -0.475 e. The minimum absolute atomic E-state index is 0.217. The van der Waals surface area contributed by atoms with Gasteiger partial charge in [0.25, 0.3) is 11.8 Å². The SMILES string of the molecule is N#Cc1ccccc1NC(=O)c1ccc2ccc(N[C@@H]3CCCC(F)(F)[C@@H]3N)nn12.O=C(O)C(F)(F)F. The molecule has 1 fully saturated rings. The molecular formula is C23H21F5N6O3. The van der Waals surface area contributed by atoms with E-state index in [1.54, 1.807) is 48.5 Å². The monoisotopic (exact) mass is 524 g/mol. The van der Waals surface area contributed by atoms with Crippen LogP contribution in [-0.4, -0.2) is 50.8 Å². The number of nitrogens with zero attached hydrogens (tertiary/aromatic N) is 3. The van der Waals surface area contributed by atoms with Gasteiger partial charge in [-0.3, -0.25) is 4.79 Å². The van der Waals surface area contributed by atoms with Crippen molar-refractivity contribution in [1.29, 1.82) is 5.26 Å². The summed E-state index contributed by atoms with van der Waals surface area (Å²) in [5.41, 5.74) is 7.40. The Labute approximate surface area is 206 Å². The summed E-state index contributed by atoms with van der Waals surface area (Å²) >= 11 is 0. The largest absolute Gasteiger partial charge is 0.490 e. The summed E-state index contributed by atoms with van der Waals surface area (Å²) in [5, 5.41) is 26.4. The van der Waals surface area contributed by atoms with Crippen molar-refractivity contribution in [1.82, 2.24) is 9.61 Å². The van der Waals surface area contributed by atoms with Crippen LogP contribution < -0.4 is 16.4 Å². The molecular weight excluding hydrogens is 503 g/mol. The van der Waals surface area contributed by atoms with Gasteiger partial charge < -0.3 is 21.5 Å². The molecule has 5 N–H and O–H groups in total. The van der Waals surface area contributed by atoms with E-state index in [-0.39, 0.29) is 12.1 Å². The summed E-state index contributed by atoms with van der Waals surface area (Å²) < 4.78 is 61.0. The van der Waals surface area contributed by atoms with Crippen molar-refractivity contribution in [2.75, 3.05) is 10.6 Å². The molecule has 0 aliphatic heterocycles. The van der Waals surface area contributed by atoms with Crippen LogP contribution in [0.3, 0.4) is 0 Å². The number of anilines is 2. The second-order valence-electron chi connectivity index (χ2n) is 8.12. The van der Waals surface area contributed by atoms with E-state index < -0.39 is 36.1 Å². The molecule has 1 amide bonds. The van der Waals surface area contributed by atoms with Gasteiger partial charge in [-0.1, -0.05) is 12.1 Å². The minimum atomic E-state index is -5.08. The van der Waals surface area contributed by atoms with E-state index in [1.807, 2.05) is 6.07 Å². The van der Waals surface area contributed by atoms with Crippen LogP contribution in [0.2, 0.25) is 0 Å². The maximum atomic E-state index is 13.9. The third-order valence-electron chi connectivity index (χ3n) is 5.55. The fourth-order valence-corrected chi connectivity index (χ4v) is 3.66. The number of aliphatic carboxylic acids is 1. The molecule has 0 saturated heterocycles. The summed E-state index contributed by atoms with van der Waals surface area (Å²) in [6, 6.07) is 13.5. The number of alkyl halides is 5. The zero-order valence-electron chi connectivity index (χ0n) is 19.0. The molecule has 1 aromatic carbocycles. The van der Waals surface area contributed by atoms with Gasteiger partial charge in [-0.05, 0) is 49.2 Å². The summed E-state index contributed by atoms with van der Waals surface area (Å²) in [4.78, 5) is 21.7. The number of rotatable bonds is 4. The van der Waals surface area contributed by atoms with Crippen LogP contribution >= 0.6 is 0 Å². The van der Waals surface area contributed by atoms with Gasteiger partial charge in [0.2, 0.25) is 0 Å². The summed E-state index contributed by atoms with van der Waals surface area (Å²) in [6.07, 6.45) is -4.42. The molecule has 1 saturated carbocycles. The molecule has 2 aromatic heterocycles. The second kappa shape index (κ2) is 10.8. The Morgan fingerprint density at radius 2 is 1.81 bits per heavy atom. The topological polar surface area (TPSA) is 146 Å². The smallest absolute Gasteiger partial charge is 0.475 e. The Balaban J connectivity index is 0.000000479. The van der Waals surface area contributed by atoms with Crippen molar-refractivity contribution in [2.24, 2.45) is 5.73 Å². The molecule has 0 unspecified atom stereocenters. The molecule has 2 atom stereocenters. The van der Waals surface area contributed by atoms with Crippen LogP contribution in [0.15, 0.2) is 48.5 Å². The number of carboxylic acids is 1. The average molecular weight is 524 g/mol. The van der Waals surface area contributed by atoms with Gasteiger partial charge in [-0.2, -0.15) is 18.4 Å². The number of nitrogens with two attached hydrogens (primary N) is 1. The van der Waals surface area contributed by atoms with E-state index in [4.69, 9.17) is 15.6 Å². The lowest BCUT2D eigenvalue weighted by Gasteiger charge is -2.36. The van der Waals surface area contributed by atoms with Gasteiger partial charge in [0.05, 0.1) is 22.8 Å². The molecule has 4 rings (SSSR count). The average Bonchev–Trinajstić information content (AvgIpc) is 3.25. The number of carboxylic acid groups (broad SMARTS) is 1. The first kappa shape index (κ1) is 27.3. The normalized spacial score (nSPS) is 18.7. The standard InChI is InChI=1S/C21H20F2N6O.C2HF3O2/c22-21(23)11-3-6-16(19(21)25)26-18-10-8-14-7-9-17(29(14)28-18)20(30)27-15-5-2-1-4-13(15)12-24;3-2(4,5)1(6)7/h1-2,4-5,7-10,16,19H,3,6,11,25H2,(H,26,28)(H,27,30);(H,6,7)/t16-,19-;/m1./s1. The number of hydrogen-bond acceptors (Lipinski definition) is 6. The first-order valence-electron chi connectivity index (χ1n) is 10.8. The number of aromatic nitrogens is 2. The van der Waals surface area contributed by atoms with E-state index in [1.165, 1.54) is 4.52 Å². The van der Waals surface area contributed by atoms with Crippen LogP contribution in [0.5, 0.6) is 0 Å². The highest BCUT2D eigenvalue weighted by Crippen LogP contribution is 2.33.